The molecular formula is C17H17ClFNO3. The van der Waals surface area contributed by atoms with E-state index in [1.807, 2.05) is 24.3 Å². The molecule has 2 aromatic rings. The van der Waals surface area contributed by atoms with Crippen LogP contribution in [0.15, 0.2) is 36.5 Å². The minimum Gasteiger partial charge on any atom is -0.487 e. The van der Waals surface area contributed by atoms with E-state index in [0.29, 0.717) is 25.2 Å². The van der Waals surface area contributed by atoms with E-state index in [0.717, 1.165) is 11.1 Å². The molecule has 0 aliphatic carbocycles. The third-order valence-corrected chi connectivity index (χ3v) is 3.37. The van der Waals surface area contributed by atoms with Crippen LogP contribution in [-0.2, 0) is 22.6 Å². The number of hydrogen-bond donors (Lipinski definition) is 0. The van der Waals surface area contributed by atoms with Crippen LogP contribution in [0.25, 0.3) is 0 Å². The number of esters is 1. The molecule has 1 aromatic carbocycles. The Morgan fingerprint density at radius 3 is 2.83 bits per heavy atom. The number of carbonyl (C=O) groups is 1. The number of ether oxygens (including phenoxy) is 2. The summed E-state index contributed by atoms with van der Waals surface area (Å²) in [5.41, 5.74) is 1.93. The predicted octanol–water partition coefficient (Wildman–Crippen LogP) is 3.95. The number of carbonyl (C=O) groups excluding carboxylic acids is 1. The van der Waals surface area contributed by atoms with Crippen LogP contribution in [0.2, 0.25) is 5.15 Å². The van der Waals surface area contributed by atoms with Crippen molar-refractivity contribution in [2.45, 2.75) is 26.4 Å². The van der Waals surface area contributed by atoms with E-state index in [9.17, 15) is 9.18 Å². The number of aromatic nitrogens is 1. The molecule has 0 spiro atoms. The highest BCUT2D eigenvalue weighted by Crippen LogP contribution is 2.18. The van der Waals surface area contributed by atoms with E-state index in [2.05, 4.69) is 4.98 Å². The van der Waals surface area contributed by atoms with E-state index >= 15 is 0 Å². The quantitative estimate of drug-likeness (QED) is 0.567. The lowest BCUT2D eigenvalue weighted by atomic mass is 10.1. The summed E-state index contributed by atoms with van der Waals surface area (Å²) in [7, 11) is 0. The SMILES string of the molecule is CCOC(=O)CCc1cccc(COc2cnc(Cl)c(F)c2)c1. The van der Waals surface area contributed by atoms with Crippen molar-refractivity contribution in [3.05, 3.63) is 58.6 Å². The van der Waals surface area contributed by atoms with Gasteiger partial charge < -0.3 is 9.47 Å². The van der Waals surface area contributed by atoms with Crippen molar-refractivity contribution in [1.82, 2.24) is 4.98 Å². The predicted molar refractivity (Wildman–Crippen MR) is 84.9 cm³/mol. The van der Waals surface area contributed by atoms with E-state index in [1.54, 1.807) is 6.92 Å². The monoisotopic (exact) mass is 337 g/mol. The number of benzene rings is 1. The van der Waals surface area contributed by atoms with Crippen molar-refractivity contribution in [2.24, 2.45) is 0 Å². The van der Waals surface area contributed by atoms with Gasteiger partial charge in [0.25, 0.3) is 0 Å². The molecular weight excluding hydrogens is 321 g/mol. The molecule has 0 fully saturated rings. The largest absolute Gasteiger partial charge is 0.487 e. The van der Waals surface area contributed by atoms with Crippen molar-refractivity contribution in [2.75, 3.05) is 6.61 Å². The first-order chi connectivity index (χ1) is 11.1. The van der Waals surface area contributed by atoms with Gasteiger partial charge in [-0.1, -0.05) is 35.9 Å². The fraction of sp³-hybridized carbons (Fsp3) is 0.294. The Morgan fingerprint density at radius 2 is 2.09 bits per heavy atom. The molecule has 0 amide bonds. The van der Waals surface area contributed by atoms with Crippen LogP contribution in [0.4, 0.5) is 4.39 Å². The van der Waals surface area contributed by atoms with Gasteiger partial charge in [-0.05, 0) is 24.5 Å². The first-order valence-electron chi connectivity index (χ1n) is 7.25. The summed E-state index contributed by atoms with van der Waals surface area (Å²) < 4.78 is 23.7. The molecule has 0 radical (unpaired) electrons. The Bertz CT molecular complexity index is 679. The van der Waals surface area contributed by atoms with Gasteiger partial charge in [0.15, 0.2) is 11.0 Å². The van der Waals surface area contributed by atoms with Crippen molar-refractivity contribution < 1.29 is 18.7 Å². The summed E-state index contributed by atoms with van der Waals surface area (Å²) in [6, 6.07) is 8.86. The van der Waals surface area contributed by atoms with Crippen LogP contribution >= 0.6 is 11.6 Å². The molecule has 0 N–H and O–H groups in total. The molecule has 6 heteroatoms. The number of nitrogens with zero attached hydrogens (tertiary/aromatic N) is 1. The minimum absolute atomic E-state index is 0.182. The second kappa shape index (κ2) is 8.48. The Morgan fingerprint density at radius 1 is 1.30 bits per heavy atom. The van der Waals surface area contributed by atoms with Crippen molar-refractivity contribution in [3.63, 3.8) is 0 Å². The van der Waals surface area contributed by atoms with Crippen LogP contribution in [0.3, 0.4) is 0 Å². The number of halogens is 2. The van der Waals surface area contributed by atoms with Gasteiger partial charge in [-0.15, -0.1) is 0 Å². The number of pyridine rings is 1. The second-order valence-electron chi connectivity index (χ2n) is 4.86. The van der Waals surface area contributed by atoms with Gasteiger partial charge in [-0.3, -0.25) is 4.79 Å². The number of rotatable bonds is 7. The average molecular weight is 338 g/mol. The van der Waals surface area contributed by atoms with Gasteiger partial charge in [0.05, 0.1) is 12.8 Å². The molecule has 0 saturated carbocycles. The molecule has 1 aromatic heterocycles. The maximum atomic E-state index is 13.3. The maximum absolute atomic E-state index is 13.3. The second-order valence-corrected chi connectivity index (χ2v) is 5.22. The van der Waals surface area contributed by atoms with Gasteiger partial charge in [0, 0.05) is 12.5 Å². The highest BCUT2D eigenvalue weighted by Gasteiger charge is 2.05. The summed E-state index contributed by atoms with van der Waals surface area (Å²) in [5, 5.41) is -0.182. The average Bonchev–Trinajstić information content (AvgIpc) is 2.55. The van der Waals surface area contributed by atoms with Crippen LogP contribution in [0, 0.1) is 5.82 Å². The third-order valence-electron chi connectivity index (χ3n) is 3.09. The zero-order valence-electron chi connectivity index (χ0n) is 12.7. The molecule has 1 heterocycles. The van der Waals surface area contributed by atoms with Crippen molar-refractivity contribution in [1.29, 1.82) is 0 Å². The van der Waals surface area contributed by atoms with E-state index < -0.39 is 5.82 Å². The molecule has 0 bridgehead atoms. The Labute approximate surface area is 139 Å². The highest BCUT2D eigenvalue weighted by molar-refractivity contribution is 6.29. The molecule has 0 unspecified atom stereocenters. The minimum atomic E-state index is -0.618. The van der Waals surface area contributed by atoms with Crippen LogP contribution in [0.1, 0.15) is 24.5 Å². The van der Waals surface area contributed by atoms with E-state index in [1.165, 1.54) is 12.3 Å². The van der Waals surface area contributed by atoms with Gasteiger partial charge >= 0.3 is 5.97 Å². The summed E-state index contributed by atoms with van der Waals surface area (Å²) >= 11 is 5.52. The van der Waals surface area contributed by atoms with Crippen LogP contribution in [-0.4, -0.2) is 17.6 Å². The molecule has 0 aliphatic rings. The molecule has 2 rings (SSSR count). The summed E-state index contributed by atoms with van der Waals surface area (Å²) in [6.45, 7) is 2.44. The smallest absolute Gasteiger partial charge is 0.306 e. The van der Waals surface area contributed by atoms with E-state index in [4.69, 9.17) is 21.1 Å². The Balaban J connectivity index is 1.91. The van der Waals surface area contributed by atoms with E-state index in [-0.39, 0.29) is 17.7 Å². The first-order valence-corrected chi connectivity index (χ1v) is 7.63. The standard InChI is InChI=1S/C17H17ClFNO3/c1-2-22-16(21)7-6-12-4-3-5-13(8-12)11-23-14-9-15(19)17(18)20-10-14/h3-5,8-10H,2,6-7,11H2,1H3. The van der Waals surface area contributed by atoms with Crippen LogP contribution in [0.5, 0.6) is 5.75 Å². The highest BCUT2D eigenvalue weighted by atomic mass is 35.5. The van der Waals surface area contributed by atoms with Gasteiger partial charge in [-0.25, -0.2) is 9.37 Å². The summed E-state index contributed by atoms with van der Waals surface area (Å²) in [5.74, 6) is -0.520. The lowest BCUT2D eigenvalue weighted by Crippen LogP contribution is -2.05. The van der Waals surface area contributed by atoms with Gasteiger partial charge in [0.2, 0.25) is 0 Å². The van der Waals surface area contributed by atoms with Gasteiger partial charge in [-0.2, -0.15) is 0 Å². The molecule has 0 aliphatic heterocycles. The van der Waals surface area contributed by atoms with Crippen LogP contribution < -0.4 is 4.74 Å². The molecule has 4 nitrogen and oxygen atoms in total. The van der Waals surface area contributed by atoms with Crippen molar-refractivity contribution in [3.8, 4) is 5.75 Å². The zero-order valence-corrected chi connectivity index (χ0v) is 13.5. The maximum Gasteiger partial charge on any atom is 0.306 e. The lowest BCUT2D eigenvalue weighted by molar-refractivity contribution is -0.143. The Kier molecular flexibility index (Phi) is 6.35. The lowest BCUT2D eigenvalue weighted by Gasteiger charge is -2.08. The first kappa shape index (κ1) is 17.2. The molecule has 23 heavy (non-hydrogen) atoms. The van der Waals surface area contributed by atoms with Gasteiger partial charge in [0.1, 0.15) is 12.4 Å². The fourth-order valence-electron chi connectivity index (χ4n) is 2.00. The zero-order chi connectivity index (χ0) is 16.7. The Hall–Kier alpha value is -2.14. The molecule has 0 atom stereocenters. The molecule has 0 saturated heterocycles. The topological polar surface area (TPSA) is 48.4 Å². The molecule has 122 valence electrons. The van der Waals surface area contributed by atoms with Crippen molar-refractivity contribution >= 4 is 17.6 Å². The summed E-state index contributed by atoms with van der Waals surface area (Å²) in [6.07, 6.45) is 2.31. The fourth-order valence-corrected chi connectivity index (χ4v) is 2.11. The third kappa shape index (κ3) is 5.53. The normalized spacial score (nSPS) is 10.4. The number of hydrogen-bond acceptors (Lipinski definition) is 4. The number of aryl methyl sites for hydroxylation is 1. The summed E-state index contributed by atoms with van der Waals surface area (Å²) in [4.78, 5) is 15.1.